The van der Waals surface area contributed by atoms with Crippen LogP contribution < -0.4 is 16.7 Å². The quantitative estimate of drug-likeness (QED) is 0.639. The Bertz CT molecular complexity index is 774. The predicted octanol–water partition coefficient (Wildman–Crippen LogP) is 2.94. The van der Waals surface area contributed by atoms with Crippen LogP contribution in [0.15, 0.2) is 84.9 Å². The van der Waals surface area contributed by atoms with Crippen LogP contribution in [0.4, 0.5) is 0 Å². The molecule has 0 fully saturated rings. The maximum atomic E-state index is 6.33. The fourth-order valence-electron chi connectivity index (χ4n) is 3.14. The third kappa shape index (κ3) is 5.07. The highest BCUT2D eigenvalue weighted by Crippen LogP contribution is 2.04. The number of aryl methyl sites for hydroxylation is 1. The van der Waals surface area contributed by atoms with Crippen molar-refractivity contribution in [3.8, 4) is 0 Å². The van der Waals surface area contributed by atoms with Gasteiger partial charge in [0.25, 0.3) is 0 Å². The Morgan fingerprint density at radius 2 is 1.35 bits per heavy atom. The first-order valence-electron chi connectivity index (χ1n) is 9.31. The molecule has 132 valence electrons. The highest BCUT2D eigenvalue weighted by Gasteiger charge is 2.22. The van der Waals surface area contributed by atoms with Gasteiger partial charge in [-0.05, 0) is 34.9 Å². The molecule has 1 atom stereocenters. The van der Waals surface area contributed by atoms with E-state index in [9.17, 15) is 0 Å². The molecule has 0 spiro atoms. The van der Waals surface area contributed by atoms with Gasteiger partial charge in [0.2, 0.25) is 0 Å². The average molecular weight is 343 g/mol. The molecule has 0 aromatic heterocycles. The lowest BCUT2D eigenvalue weighted by atomic mass is 9.55. The van der Waals surface area contributed by atoms with Crippen LogP contribution >= 0.6 is 0 Å². The van der Waals surface area contributed by atoms with Gasteiger partial charge in [-0.2, -0.15) is 0 Å². The van der Waals surface area contributed by atoms with Gasteiger partial charge in [0.05, 0.1) is 0 Å². The summed E-state index contributed by atoms with van der Waals surface area (Å²) in [6.07, 6.45) is 1.86. The van der Waals surface area contributed by atoms with Gasteiger partial charge in [0.1, 0.15) is 0 Å². The Morgan fingerprint density at radius 3 is 1.96 bits per heavy atom. The third-order valence-corrected chi connectivity index (χ3v) is 4.61. The lowest BCUT2D eigenvalue weighted by Crippen LogP contribution is -2.47. The van der Waals surface area contributed by atoms with Crippen molar-refractivity contribution in [2.24, 2.45) is 5.73 Å². The summed E-state index contributed by atoms with van der Waals surface area (Å²) >= 11 is 0. The summed E-state index contributed by atoms with van der Waals surface area (Å²) in [5.41, 5.74) is 11.2. The number of nitrogens with two attached hydrogens (primary N) is 1. The van der Waals surface area contributed by atoms with Crippen molar-refractivity contribution in [3.05, 3.63) is 96.1 Å². The van der Waals surface area contributed by atoms with Crippen LogP contribution in [0.25, 0.3) is 0 Å². The van der Waals surface area contributed by atoms with E-state index < -0.39 is 0 Å². The van der Waals surface area contributed by atoms with E-state index in [0.717, 1.165) is 18.3 Å². The van der Waals surface area contributed by atoms with E-state index in [1.54, 1.807) is 0 Å². The van der Waals surface area contributed by atoms with E-state index in [1.165, 1.54) is 16.6 Å². The van der Waals surface area contributed by atoms with Crippen molar-refractivity contribution in [2.75, 3.05) is 6.61 Å². The second-order valence-electron chi connectivity index (χ2n) is 6.67. The van der Waals surface area contributed by atoms with Crippen molar-refractivity contribution in [2.45, 2.75) is 25.8 Å². The zero-order chi connectivity index (χ0) is 18.2. The molecule has 0 aliphatic rings. The SMILES string of the molecule is CCc1ccc(B(OCC(N)Cc2ccccc2)c2ccccc2)cc1. The van der Waals surface area contributed by atoms with Crippen molar-refractivity contribution in [1.82, 2.24) is 0 Å². The lowest BCUT2D eigenvalue weighted by molar-refractivity contribution is 0.300. The van der Waals surface area contributed by atoms with Crippen molar-refractivity contribution in [1.29, 1.82) is 0 Å². The van der Waals surface area contributed by atoms with Gasteiger partial charge in [-0.3, -0.25) is 0 Å². The van der Waals surface area contributed by atoms with Crippen molar-refractivity contribution < 1.29 is 4.65 Å². The van der Waals surface area contributed by atoms with Crippen LogP contribution in [0.1, 0.15) is 18.1 Å². The number of hydrogen-bond donors (Lipinski definition) is 1. The van der Waals surface area contributed by atoms with Crippen LogP contribution in [0.2, 0.25) is 0 Å². The summed E-state index contributed by atoms with van der Waals surface area (Å²) in [5.74, 6) is 0. The van der Waals surface area contributed by atoms with Crippen LogP contribution in [-0.2, 0) is 17.5 Å². The number of rotatable bonds is 8. The summed E-state index contributed by atoms with van der Waals surface area (Å²) in [6, 6.07) is 29.4. The molecular formula is C23H26BNO. The monoisotopic (exact) mass is 343 g/mol. The first kappa shape index (κ1) is 18.4. The smallest absolute Gasteiger partial charge is 0.361 e. The maximum Gasteiger partial charge on any atom is 0.361 e. The highest BCUT2D eigenvalue weighted by molar-refractivity contribution is 6.80. The van der Waals surface area contributed by atoms with E-state index in [0.29, 0.717) is 6.61 Å². The van der Waals surface area contributed by atoms with Gasteiger partial charge >= 0.3 is 6.92 Å². The molecule has 3 aromatic carbocycles. The Labute approximate surface area is 157 Å². The zero-order valence-corrected chi connectivity index (χ0v) is 15.3. The number of benzene rings is 3. The molecule has 2 N–H and O–H groups in total. The molecule has 26 heavy (non-hydrogen) atoms. The van der Waals surface area contributed by atoms with Crippen LogP contribution in [0.5, 0.6) is 0 Å². The largest absolute Gasteiger partial charge is 0.425 e. The molecule has 0 saturated carbocycles. The molecule has 3 heteroatoms. The molecule has 3 aromatic rings. The summed E-state index contributed by atoms with van der Waals surface area (Å²) in [7, 11) is 0. The second kappa shape index (κ2) is 9.37. The summed E-state index contributed by atoms with van der Waals surface area (Å²) in [6.45, 7) is 2.59. The molecular weight excluding hydrogens is 317 g/mol. The molecule has 0 saturated heterocycles. The molecule has 0 radical (unpaired) electrons. The lowest BCUT2D eigenvalue weighted by Gasteiger charge is -2.19. The van der Waals surface area contributed by atoms with Gasteiger partial charge in [-0.1, -0.05) is 91.9 Å². The minimum atomic E-state index is -0.0936. The molecule has 0 bridgehead atoms. The first-order valence-corrected chi connectivity index (χ1v) is 9.31. The normalized spacial score (nSPS) is 11.9. The zero-order valence-electron chi connectivity index (χ0n) is 15.3. The second-order valence-corrected chi connectivity index (χ2v) is 6.67. The first-order chi connectivity index (χ1) is 12.8. The highest BCUT2D eigenvalue weighted by atomic mass is 16.4. The van der Waals surface area contributed by atoms with Crippen LogP contribution in [0, 0.1) is 0 Å². The van der Waals surface area contributed by atoms with E-state index in [4.69, 9.17) is 10.4 Å². The Balaban J connectivity index is 1.71. The van der Waals surface area contributed by atoms with Gasteiger partial charge < -0.3 is 10.4 Å². The third-order valence-electron chi connectivity index (χ3n) is 4.61. The van der Waals surface area contributed by atoms with E-state index in [-0.39, 0.29) is 13.0 Å². The van der Waals surface area contributed by atoms with Gasteiger partial charge in [-0.15, -0.1) is 0 Å². The van der Waals surface area contributed by atoms with Gasteiger partial charge in [0.15, 0.2) is 0 Å². The molecule has 0 aliphatic heterocycles. The minimum absolute atomic E-state index is 0.0291. The van der Waals surface area contributed by atoms with E-state index in [2.05, 4.69) is 67.6 Å². The summed E-state index contributed by atoms with van der Waals surface area (Å²) in [4.78, 5) is 0. The minimum Gasteiger partial charge on any atom is -0.425 e. The Morgan fingerprint density at radius 1 is 0.769 bits per heavy atom. The van der Waals surface area contributed by atoms with Gasteiger partial charge in [0, 0.05) is 12.6 Å². The van der Waals surface area contributed by atoms with Crippen molar-refractivity contribution in [3.63, 3.8) is 0 Å². The topological polar surface area (TPSA) is 35.2 Å². The van der Waals surface area contributed by atoms with Crippen LogP contribution in [0.3, 0.4) is 0 Å². The molecule has 0 aliphatic carbocycles. The number of hydrogen-bond acceptors (Lipinski definition) is 2. The average Bonchev–Trinajstić information content (AvgIpc) is 2.70. The molecule has 1 unspecified atom stereocenters. The molecule has 3 rings (SSSR count). The fourth-order valence-corrected chi connectivity index (χ4v) is 3.14. The van der Waals surface area contributed by atoms with Crippen LogP contribution in [-0.4, -0.2) is 19.6 Å². The maximum absolute atomic E-state index is 6.33. The predicted molar refractivity (Wildman–Crippen MR) is 111 cm³/mol. The Hall–Kier alpha value is -2.36. The molecule has 0 heterocycles. The molecule has 2 nitrogen and oxygen atoms in total. The fraction of sp³-hybridized carbons (Fsp3) is 0.217. The Kier molecular flexibility index (Phi) is 6.65. The van der Waals surface area contributed by atoms with E-state index in [1.807, 2.05) is 24.3 Å². The summed E-state index contributed by atoms with van der Waals surface area (Å²) in [5, 5.41) is 0. The standard InChI is InChI=1S/C23H26BNO/c1-2-19-13-15-22(16-14-19)24(21-11-7-4-8-12-21)26-18-23(25)17-20-9-5-3-6-10-20/h3-16,23H,2,17-18,25H2,1H3. The van der Waals surface area contributed by atoms with Gasteiger partial charge in [-0.25, -0.2) is 0 Å². The van der Waals surface area contributed by atoms with E-state index >= 15 is 0 Å². The molecule has 0 amide bonds. The van der Waals surface area contributed by atoms with Crippen molar-refractivity contribution >= 4 is 17.8 Å². The summed E-state index contributed by atoms with van der Waals surface area (Å²) < 4.78 is 6.30.